The Morgan fingerprint density at radius 3 is 1.68 bits per heavy atom. The number of hydrogen-bond acceptors (Lipinski definition) is 5. The number of carbonyl (C=O) groups is 2. The van der Waals surface area contributed by atoms with E-state index in [0.29, 0.717) is 5.75 Å². The van der Waals surface area contributed by atoms with Crippen molar-refractivity contribution >= 4 is 30.7 Å². The van der Waals surface area contributed by atoms with E-state index in [-0.39, 0.29) is 11.1 Å². The van der Waals surface area contributed by atoms with Gasteiger partial charge < -0.3 is 0 Å². The van der Waals surface area contributed by atoms with Crippen molar-refractivity contribution in [2.75, 3.05) is 14.2 Å². The second-order valence-corrected chi connectivity index (χ2v) is 18.9. The van der Waals surface area contributed by atoms with Crippen LogP contribution in [0.5, 0.6) is 5.75 Å². The first-order valence-electron chi connectivity index (χ1n) is 10.5. The molecule has 5 nitrogen and oxygen atoms in total. The Labute approximate surface area is 174 Å². The van der Waals surface area contributed by atoms with Gasteiger partial charge in [0.1, 0.15) is 0 Å². The summed E-state index contributed by atoms with van der Waals surface area (Å²) in [7, 11) is 2.61. The molecule has 0 heterocycles. The van der Waals surface area contributed by atoms with Crippen LogP contribution in [0.4, 0.5) is 0 Å². The third-order valence-corrected chi connectivity index (χ3v) is 17.8. The summed E-state index contributed by atoms with van der Waals surface area (Å²) in [5, 5.41) is 0. The van der Waals surface area contributed by atoms with Crippen molar-refractivity contribution in [1.82, 2.24) is 0 Å². The molecule has 0 aliphatic heterocycles. The first kappa shape index (κ1) is 24.8. The summed E-state index contributed by atoms with van der Waals surface area (Å²) in [6, 6.07) is 5.07. The number of esters is 2. The van der Waals surface area contributed by atoms with Crippen molar-refractivity contribution in [1.29, 1.82) is 0 Å². The molecule has 1 aromatic rings. The van der Waals surface area contributed by atoms with E-state index in [4.69, 9.17) is 12.5 Å². The summed E-state index contributed by atoms with van der Waals surface area (Å²) in [5.41, 5.74) is 0.409. The minimum absolute atomic E-state index is 0.202. The molecular weight excluding hydrogens is 463 g/mol. The summed E-state index contributed by atoms with van der Waals surface area (Å²) in [5.74, 6) is -0.417. The Morgan fingerprint density at radius 2 is 1.25 bits per heavy atom. The average Bonchev–Trinajstić information content (AvgIpc) is 2.73. The molecule has 0 aliphatic rings. The van der Waals surface area contributed by atoms with Gasteiger partial charge in [-0.15, -0.1) is 0 Å². The van der Waals surface area contributed by atoms with Gasteiger partial charge in [0.2, 0.25) is 0 Å². The molecule has 0 fully saturated rings. The Kier molecular flexibility index (Phi) is 11.6. The third-order valence-electron chi connectivity index (χ3n) is 5.09. The van der Waals surface area contributed by atoms with Gasteiger partial charge in [0, 0.05) is 0 Å². The van der Waals surface area contributed by atoms with Crippen LogP contribution in [0.2, 0.25) is 13.3 Å². The molecule has 0 amide bonds. The molecule has 158 valence electrons. The van der Waals surface area contributed by atoms with Crippen LogP contribution in [0, 0.1) is 0 Å². The Hall–Kier alpha value is -1.24. The van der Waals surface area contributed by atoms with Gasteiger partial charge in [-0.2, -0.15) is 0 Å². The van der Waals surface area contributed by atoms with Crippen molar-refractivity contribution in [2.24, 2.45) is 0 Å². The first-order valence-corrected chi connectivity index (χ1v) is 17.7. The van der Waals surface area contributed by atoms with Gasteiger partial charge in [0.25, 0.3) is 0 Å². The minimum atomic E-state index is -2.88. The topological polar surface area (TPSA) is 61.8 Å². The number of methoxy groups -OCH3 is 2. The van der Waals surface area contributed by atoms with Crippen LogP contribution in [-0.2, 0) is 9.47 Å². The van der Waals surface area contributed by atoms with Crippen LogP contribution in [0.3, 0.4) is 0 Å². The van der Waals surface area contributed by atoms with Gasteiger partial charge in [-0.3, -0.25) is 0 Å². The van der Waals surface area contributed by atoms with Gasteiger partial charge in [-0.05, 0) is 0 Å². The number of unbranched alkanes of at least 4 members (excludes halogenated alkanes) is 3. The molecule has 1 aromatic carbocycles. The molecule has 0 saturated carbocycles. The van der Waals surface area contributed by atoms with Crippen LogP contribution in [0.25, 0.3) is 0 Å². The Balaban J connectivity index is 3.27. The van der Waals surface area contributed by atoms with Gasteiger partial charge >= 0.3 is 175 Å². The molecule has 0 bridgehead atoms. The quantitative estimate of drug-likeness (QED) is 0.247. The predicted molar refractivity (Wildman–Crippen MR) is 115 cm³/mol. The second kappa shape index (κ2) is 13.1. The number of hydrogen-bond donors (Lipinski definition) is 0. The van der Waals surface area contributed by atoms with Gasteiger partial charge in [0.05, 0.1) is 0 Å². The van der Waals surface area contributed by atoms with Gasteiger partial charge in [-0.1, -0.05) is 0 Å². The third kappa shape index (κ3) is 7.30. The summed E-state index contributed by atoms with van der Waals surface area (Å²) >= 11 is -2.88. The molecule has 1 rings (SSSR count). The molecule has 0 saturated heterocycles. The molecule has 0 aliphatic carbocycles. The summed E-state index contributed by atoms with van der Waals surface area (Å²) < 4.78 is 20.0. The fourth-order valence-electron chi connectivity index (χ4n) is 3.43. The number of benzene rings is 1. The van der Waals surface area contributed by atoms with Crippen LogP contribution >= 0.6 is 0 Å². The standard InChI is InChI=1S/C10H10O5.3C4H9.Sn/c1-14-9(12)7-4-3-6(11)5-8(7)10(13)15-2;3*1-3-4-2;/h3-5,11H,1-2H3;3*1,3-4H2,2H3;/q;;;;+1/p-1. The Morgan fingerprint density at radius 1 is 0.786 bits per heavy atom. The monoisotopic (exact) mass is 500 g/mol. The summed E-state index contributed by atoms with van der Waals surface area (Å²) in [6.45, 7) is 6.66. The SMILES string of the molecule is CCC[CH2][Sn]([CH2]CCC)([CH2]CCC)[O]c1ccc(C(=O)OC)c(C(=O)OC)c1. The first-order chi connectivity index (χ1) is 13.5. The molecule has 28 heavy (non-hydrogen) atoms. The van der Waals surface area contributed by atoms with Crippen molar-refractivity contribution in [3.63, 3.8) is 0 Å². The Bertz CT molecular complexity index is 608. The maximum atomic E-state index is 12.2. The van der Waals surface area contributed by atoms with E-state index in [9.17, 15) is 9.59 Å². The van der Waals surface area contributed by atoms with Crippen molar-refractivity contribution in [3.05, 3.63) is 29.3 Å². The fraction of sp³-hybridized carbons (Fsp3) is 0.636. The van der Waals surface area contributed by atoms with Crippen molar-refractivity contribution in [2.45, 2.75) is 72.6 Å². The molecule has 6 heteroatoms. The van der Waals surface area contributed by atoms with E-state index in [0.717, 1.165) is 19.3 Å². The number of rotatable bonds is 13. The van der Waals surface area contributed by atoms with Crippen molar-refractivity contribution in [3.8, 4) is 5.75 Å². The van der Waals surface area contributed by atoms with Gasteiger partial charge in [0.15, 0.2) is 0 Å². The van der Waals surface area contributed by atoms with Crippen LogP contribution in [0.15, 0.2) is 18.2 Å². The van der Waals surface area contributed by atoms with Crippen LogP contribution in [0.1, 0.15) is 80.0 Å². The van der Waals surface area contributed by atoms with E-state index in [1.54, 1.807) is 18.2 Å². The molecule has 0 spiro atoms. The van der Waals surface area contributed by atoms with Crippen LogP contribution in [-0.4, -0.2) is 44.9 Å². The van der Waals surface area contributed by atoms with E-state index >= 15 is 0 Å². The van der Waals surface area contributed by atoms with E-state index in [1.165, 1.54) is 46.8 Å². The van der Waals surface area contributed by atoms with Crippen LogP contribution < -0.4 is 3.07 Å². The molecule has 0 unspecified atom stereocenters. The van der Waals surface area contributed by atoms with Gasteiger partial charge in [-0.25, -0.2) is 0 Å². The molecule has 0 atom stereocenters. The van der Waals surface area contributed by atoms with E-state index < -0.39 is 30.7 Å². The maximum absolute atomic E-state index is 12.2. The number of carbonyl (C=O) groups excluding carboxylic acids is 2. The van der Waals surface area contributed by atoms with E-state index in [2.05, 4.69) is 20.8 Å². The average molecular weight is 499 g/mol. The summed E-state index contributed by atoms with van der Waals surface area (Å²) in [6.07, 6.45) is 7.05. The molecule has 0 aromatic heterocycles. The predicted octanol–water partition coefficient (Wildman–Crippen LogP) is 5.98. The zero-order valence-corrected chi connectivity index (χ0v) is 21.0. The fourth-order valence-corrected chi connectivity index (χ4v) is 16.8. The second-order valence-electron chi connectivity index (χ2n) is 7.29. The zero-order chi connectivity index (χ0) is 21.0. The number of ether oxygens (including phenoxy) is 2. The molecule has 0 N–H and O–H groups in total. The molecular formula is C22H36O5Sn. The van der Waals surface area contributed by atoms with E-state index in [1.807, 2.05) is 0 Å². The normalized spacial score (nSPS) is 11.2. The summed E-state index contributed by atoms with van der Waals surface area (Å²) in [4.78, 5) is 24.2. The molecule has 0 radical (unpaired) electrons. The zero-order valence-electron chi connectivity index (χ0n) is 18.1. The van der Waals surface area contributed by atoms with Crippen molar-refractivity contribution < 1.29 is 22.1 Å².